The summed E-state index contributed by atoms with van der Waals surface area (Å²) in [4.78, 5) is 11.5. The lowest BCUT2D eigenvalue weighted by atomic mass is 10.1. The molecule has 4 nitrogen and oxygen atoms in total. The van der Waals surface area contributed by atoms with E-state index in [9.17, 15) is 4.79 Å². The number of methoxy groups -OCH3 is 1. The molecule has 0 radical (unpaired) electrons. The second-order valence-electron chi connectivity index (χ2n) is 4.10. The lowest BCUT2D eigenvalue weighted by Gasteiger charge is -2.16. The van der Waals surface area contributed by atoms with E-state index in [4.69, 9.17) is 16.3 Å². The van der Waals surface area contributed by atoms with Gasteiger partial charge in [0, 0.05) is 32.4 Å². The van der Waals surface area contributed by atoms with Crippen LogP contribution in [0.4, 0.5) is 5.69 Å². The highest BCUT2D eigenvalue weighted by atomic mass is 35.5. The van der Waals surface area contributed by atoms with Gasteiger partial charge in [-0.1, -0.05) is 11.6 Å². The van der Waals surface area contributed by atoms with Crippen molar-refractivity contribution >= 4 is 23.2 Å². The molecule has 0 saturated heterocycles. The molecule has 1 aromatic rings. The highest BCUT2D eigenvalue weighted by molar-refractivity contribution is 6.33. The summed E-state index contributed by atoms with van der Waals surface area (Å²) in [6.07, 6.45) is 0.872. The van der Waals surface area contributed by atoms with Gasteiger partial charge >= 0.3 is 0 Å². The molecule has 1 atom stereocenters. The molecule has 2 N–H and O–H groups in total. The summed E-state index contributed by atoms with van der Waals surface area (Å²) in [5, 5.41) is 6.46. The number of anilines is 1. The molecule has 1 aromatic carbocycles. The third-order valence-corrected chi connectivity index (χ3v) is 2.94. The van der Waals surface area contributed by atoms with Gasteiger partial charge in [0.15, 0.2) is 0 Å². The summed E-state index contributed by atoms with van der Waals surface area (Å²) in [6.45, 7) is 2.73. The predicted octanol–water partition coefficient (Wildman–Crippen LogP) is 2.54. The molecular weight excluding hydrogens is 252 g/mol. The minimum absolute atomic E-state index is 0.126. The van der Waals surface area contributed by atoms with Gasteiger partial charge in [-0.25, -0.2) is 0 Å². The van der Waals surface area contributed by atoms with Crippen molar-refractivity contribution in [1.82, 2.24) is 5.32 Å². The van der Waals surface area contributed by atoms with Gasteiger partial charge in [-0.3, -0.25) is 4.79 Å². The Morgan fingerprint density at radius 3 is 2.83 bits per heavy atom. The molecular formula is C13H19ClN2O2. The molecule has 18 heavy (non-hydrogen) atoms. The third kappa shape index (κ3) is 4.20. The summed E-state index contributed by atoms with van der Waals surface area (Å²) >= 11 is 6.10. The Morgan fingerprint density at radius 1 is 1.50 bits per heavy atom. The van der Waals surface area contributed by atoms with E-state index in [-0.39, 0.29) is 11.9 Å². The quantitative estimate of drug-likeness (QED) is 0.835. The van der Waals surface area contributed by atoms with Gasteiger partial charge < -0.3 is 15.4 Å². The van der Waals surface area contributed by atoms with Gasteiger partial charge in [0.25, 0.3) is 5.91 Å². The number of nitrogens with one attached hydrogen (secondary N) is 2. The topological polar surface area (TPSA) is 50.4 Å². The Balaban J connectivity index is 2.77. The van der Waals surface area contributed by atoms with Crippen molar-refractivity contribution in [2.75, 3.05) is 26.1 Å². The fourth-order valence-corrected chi connectivity index (χ4v) is 1.73. The molecule has 0 fully saturated rings. The first-order valence-corrected chi connectivity index (χ1v) is 6.23. The van der Waals surface area contributed by atoms with Crippen molar-refractivity contribution in [3.63, 3.8) is 0 Å². The zero-order chi connectivity index (χ0) is 13.5. The van der Waals surface area contributed by atoms with Crippen molar-refractivity contribution in [1.29, 1.82) is 0 Å². The number of hydrogen-bond donors (Lipinski definition) is 2. The second kappa shape index (κ2) is 7.24. The van der Waals surface area contributed by atoms with Gasteiger partial charge in [0.05, 0.1) is 10.7 Å². The predicted molar refractivity (Wildman–Crippen MR) is 74.4 cm³/mol. The average Bonchev–Trinajstić information content (AvgIpc) is 2.38. The molecule has 1 amide bonds. The van der Waals surface area contributed by atoms with Crippen molar-refractivity contribution in [3.05, 3.63) is 28.8 Å². The standard InChI is InChI=1S/C13H19ClN2O2/c1-9(6-7-18-3)16-12-8-10(13(17)15-2)4-5-11(12)14/h4-5,8-9,16H,6-7H2,1-3H3,(H,15,17). The first kappa shape index (κ1) is 14.8. The van der Waals surface area contributed by atoms with Gasteiger partial charge in [-0.2, -0.15) is 0 Å². The Bertz CT molecular complexity index is 410. The minimum atomic E-state index is -0.126. The van der Waals surface area contributed by atoms with E-state index in [1.54, 1.807) is 32.4 Å². The molecule has 0 aliphatic carbocycles. The van der Waals surface area contributed by atoms with Crippen LogP contribution < -0.4 is 10.6 Å². The van der Waals surface area contributed by atoms with Crippen molar-refractivity contribution in [3.8, 4) is 0 Å². The molecule has 0 aliphatic heterocycles. The van der Waals surface area contributed by atoms with Crippen LogP contribution in [0.15, 0.2) is 18.2 Å². The highest BCUT2D eigenvalue weighted by Gasteiger charge is 2.09. The lowest BCUT2D eigenvalue weighted by Crippen LogP contribution is -2.20. The number of carbonyl (C=O) groups is 1. The van der Waals surface area contributed by atoms with E-state index in [0.717, 1.165) is 12.1 Å². The Morgan fingerprint density at radius 2 is 2.22 bits per heavy atom. The minimum Gasteiger partial charge on any atom is -0.385 e. The molecule has 1 rings (SSSR count). The number of carbonyl (C=O) groups excluding carboxylic acids is 1. The largest absolute Gasteiger partial charge is 0.385 e. The summed E-state index contributed by atoms with van der Waals surface area (Å²) < 4.78 is 5.02. The molecule has 0 bridgehead atoms. The molecule has 1 unspecified atom stereocenters. The van der Waals surface area contributed by atoms with Crippen molar-refractivity contribution in [2.24, 2.45) is 0 Å². The summed E-state index contributed by atoms with van der Waals surface area (Å²) in [7, 11) is 3.27. The SMILES string of the molecule is CNC(=O)c1ccc(Cl)c(NC(C)CCOC)c1. The molecule has 0 aromatic heterocycles. The van der Waals surface area contributed by atoms with Gasteiger partial charge in [-0.05, 0) is 31.5 Å². The molecule has 0 heterocycles. The lowest BCUT2D eigenvalue weighted by molar-refractivity contribution is 0.0963. The number of ether oxygens (including phenoxy) is 1. The van der Waals surface area contributed by atoms with Crippen LogP contribution in [0.25, 0.3) is 0 Å². The maximum Gasteiger partial charge on any atom is 0.251 e. The maximum atomic E-state index is 11.5. The number of hydrogen-bond acceptors (Lipinski definition) is 3. The molecule has 100 valence electrons. The average molecular weight is 271 g/mol. The number of amides is 1. The highest BCUT2D eigenvalue weighted by Crippen LogP contribution is 2.24. The molecule has 0 aliphatic rings. The van der Waals surface area contributed by atoms with Gasteiger partial charge in [0.2, 0.25) is 0 Å². The zero-order valence-electron chi connectivity index (χ0n) is 10.9. The van der Waals surface area contributed by atoms with Crippen LogP contribution >= 0.6 is 11.6 Å². The zero-order valence-corrected chi connectivity index (χ0v) is 11.7. The van der Waals surface area contributed by atoms with Crippen LogP contribution in [-0.2, 0) is 4.74 Å². The Labute approximate surface area is 113 Å². The Hall–Kier alpha value is -1.26. The molecule has 0 spiro atoms. The van der Waals surface area contributed by atoms with Gasteiger partial charge in [-0.15, -0.1) is 0 Å². The van der Waals surface area contributed by atoms with Crippen LogP contribution in [0.1, 0.15) is 23.7 Å². The first-order chi connectivity index (χ1) is 8.58. The monoisotopic (exact) mass is 270 g/mol. The van der Waals surface area contributed by atoms with Crippen LogP contribution in [0.2, 0.25) is 5.02 Å². The van der Waals surface area contributed by atoms with Crippen LogP contribution in [-0.4, -0.2) is 32.7 Å². The van der Waals surface area contributed by atoms with Crippen LogP contribution in [0.5, 0.6) is 0 Å². The van der Waals surface area contributed by atoms with Crippen LogP contribution in [0, 0.1) is 0 Å². The summed E-state index contributed by atoms with van der Waals surface area (Å²) in [6, 6.07) is 5.40. The second-order valence-corrected chi connectivity index (χ2v) is 4.51. The van der Waals surface area contributed by atoms with Crippen molar-refractivity contribution in [2.45, 2.75) is 19.4 Å². The normalized spacial score (nSPS) is 12.0. The van der Waals surface area contributed by atoms with E-state index in [0.29, 0.717) is 17.2 Å². The fourth-order valence-electron chi connectivity index (χ4n) is 1.55. The van der Waals surface area contributed by atoms with E-state index >= 15 is 0 Å². The van der Waals surface area contributed by atoms with Gasteiger partial charge in [0.1, 0.15) is 0 Å². The van der Waals surface area contributed by atoms with E-state index in [2.05, 4.69) is 10.6 Å². The summed E-state index contributed by atoms with van der Waals surface area (Å²) in [5.41, 5.74) is 1.35. The third-order valence-electron chi connectivity index (χ3n) is 2.61. The molecule has 0 saturated carbocycles. The number of rotatable bonds is 6. The fraction of sp³-hybridized carbons (Fsp3) is 0.462. The maximum absolute atomic E-state index is 11.5. The number of halogens is 1. The number of benzene rings is 1. The molecule has 5 heteroatoms. The first-order valence-electron chi connectivity index (χ1n) is 5.85. The van der Waals surface area contributed by atoms with E-state index < -0.39 is 0 Å². The van der Waals surface area contributed by atoms with E-state index in [1.165, 1.54) is 0 Å². The van der Waals surface area contributed by atoms with Crippen molar-refractivity contribution < 1.29 is 9.53 Å². The summed E-state index contributed by atoms with van der Waals surface area (Å²) in [5.74, 6) is -0.126. The smallest absolute Gasteiger partial charge is 0.251 e. The van der Waals surface area contributed by atoms with E-state index in [1.807, 2.05) is 6.92 Å². The Kier molecular flexibility index (Phi) is 5.95. The van der Waals surface area contributed by atoms with Crippen LogP contribution in [0.3, 0.4) is 0 Å².